The zero-order valence-electron chi connectivity index (χ0n) is 12.8. The van der Waals surface area contributed by atoms with E-state index in [4.69, 9.17) is 5.73 Å². The summed E-state index contributed by atoms with van der Waals surface area (Å²) in [4.78, 5) is 2.43. The van der Waals surface area contributed by atoms with Crippen LogP contribution in [0, 0.1) is 11.8 Å². The molecule has 3 unspecified atom stereocenters. The maximum atomic E-state index is 11.7. The molecule has 0 aromatic rings. The van der Waals surface area contributed by atoms with Crippen molar-refractivity contribution in [3.63, 3.8) is 0 Å². The van der Waals surface area contributed by atoms with E-state index < -0.39 is 10.0 Å². The standard InChI is InChI=1S/C14H29N3O2S/c1-16(14-7-3-6-13(14)9-15)10-12-5-4-8-17(11-12)20(2,18)19/h12-14H,3-11,15H2,1-2H3. The van der Waals surface area contributed by atoms with Crippen LogP contribution in [0.3, 0.4) is 0 Å². The molecule has 0 spiro atoms. The summed E-state index contributed by atoms with van der Waals surface area (Å²) in [5.74, 6) is 1.08. The summed E-state index contributed by atoms with van der Waals surface area (Å²) in [5, 5.41) is 0. The van der Waals surface area contributed by atoms with Crippen LogP contribution in [0.25, 0.3) is 0 Å². The van der Waals surface area contributed by atoms with Gasteiger partial charge in [-0.05, 0) is 51.1 Å². The fourth-order valence-corrected chi connectivity index (χ4v) is 4.83. The first-order valence-electron chi connectivity index (χ1n) is 7.77. The molecule has 0 aromatic heterocycles. The molecule has 1 aliphatic carbocycles. The minimum absolute atomic E-state index is 0.461. The maximum Gasteiger partial charge on any atom is 0.211 e. The normalized spacial score (nSPS) is 32.9. The van der Waals surface area contributed by atoms with E-state index >= 15 is 0 Å². The fraction of sp³-hybridized carbons (Fsp3) is 1.00. The van der Waals surface area contributed by atoms with E-state index in [1.807, 2.05) is 0 Å². The average Bonchev–Trinajstić information content (AvgIpc) is 2.86. The Hall–Kier alpha value is -0.170. The molecule has 3 atom stereocenters. The van der Waals surface area contributed by atoms with Crippen molar-refractivity contribution in [3.05, 3.63) is 0 Å². The molecular weight excluding hydrogens is 274 g/mol. The molecule has 118 valence electrons. The summed E-state index contributed by atoms with van der Waals surface area (Å²) in [6.45, 7) is 3.14. The van der Waals surface area contributed by atoms with Crippen LogP contribution in [0.5, 0.6) is 0 Å². The molecule has 0 aromatic carbocycles. The highest BCUT2D eigenvalue weighted by Crippen LogP contribution is 2.30. The monoisotopic (exact) mass is 303 g/mol. The largest absolute Gasteiger partial charge is 0.330 e. The van der Waals surface area contributed by atoms with Crippen molar-refractivity contribution in [1.82, 2.24) is 9.21 Å². The Morgan fingerprint density at radius 2 is 2.00 bits per heavy atom. The van der Waals surface area contributed by atoms with Gasteiger partial charge in [-0.1, -0.05) is 6.42 Å². The van der Waals surface area contributed by atoms with Gasteiger partial charge in [0.1, 0.15) is 0 Å². The van der Waals surface area contributed by atoms with Crippen molar-refractivity contribution in [3.8, 4) is 0 Å². The Labute approximate surface area is 123 Å². The van der Waals surface area contributed by atoms with Gasteiger partial charge in [0.25, 0.3) is 0 Å². The molecule has 6 heteroatoms. The number of hydrogen-bond acceptors (Lipinski definition) is 4. The van der Waals surface area contributed by atoms with Gasteiger partial charge in [0.05, 0.1) is 6.26 Å². The van der Waals surface area contributed by atoms with E-state index in [0.29, 0.717) is 31.0 Å². The predicted molar refractivity (Wildman–Crippen MR) is 82.0 cm³/mol. The molecule has 2 rings (SSSR count). The smallest absolute Gasteiger partial charge is 0.211 e. The lowest BCUT2D eigenvalue weighted by molar-refractivity contribution is 0.143. The SMILES string of the molecule is CN(CC1CCCN(S(C)(=O)=O)C1)C1CCCC1CN. The van der Waals surface area contributed by atoms with E-state index in [1.54, 1.807) is 4.31 Å². The molecule has 2 fully saturated rings. The summed E-state index contributed by atoms with van der Waals surface area (Å²) >= 11 is 0. The quantitative estimate of drug-likeness (QED) is 0.812. The number of rotatable bonds is 5. The van der Waals surface area contributed by atoms with Crippen LogP contribution in [-0.2, 0) is 10.0 Å². The third-order valence-electron chi connectivity index (χ3n) is 4.98. The number of hydrogen-bond donors (Lipinski definition) is 1. The van der Waals surface area contributed by atoms with Crippen LogP contribution in [-0.4, -0.2) is 63.1 Å². The van der Waals surface area contributed by atoms with Crippen LogP contribution in [0.2, 0.25) is 0 Å². The van der Waals surface area contributed by atoms with E-state index in [1.165, 1.54) is 25.5 Å². The Morgan fingerprint density at radius 3 is 2.65 bits per heavy atom. The van der Waals surface area contributed by atoms with Crippen LogP contribution in [0.15, 0.2) is 0 Å². The van der Waals surface area contributed by atoms with Crippen LogP contribution >= 0.6 is 0 Å². The lowest BCUT2D eigenvalue weighted by atomic mass is 9.96. The van der Waals surface area contributed by atoms with Crippen molar-refractivity contribution < 1.29 is 8.42 Å². The highest BCUT2D eigenvalue weighted by molar-refractivity contribution is 7.88. The number of piperidine rings is 1. The topological polar surface area (TPSA) is 66.6 Å². The predicted octanol–water partition coefficient (Wildman–Crippen LogP) is 0.717. The van der Waals surface area contributed by atoms with Crippen LogP contribution in [0.1, 0.15) is 32.1 Å². The van der Waals surface area contributed by atoms with Crippen molar-refractivity contribution >= 4 is 10.0 Å². The Bertz CT molecular complexity index is 413. The Kier molecular flexibility index (Phi) is 5.45. The van der Waals surface area contributed by atoms with Gasteiger partial charge in [0.15, 0.2) is 0 Å². The molecule has 0 radical (unpaired) electrons. The summed E-state index contributed by atoms with van der Waals surface area (Å²) in [6.07, 6.45) is 7.19. The summed E-state index contributed by atoms with van der Waals surface area (Å²) in [6, 6.07) is 0.591. The first kappa shape index (κ1) is 16.2. The van der Waals surface area contributed by atoms with Crippen molar-refractivity contribution in [2.45, 2.75) is 38.1 Å². The zero-order valence-corrected chi connectivity index (χ0v) is 13.6. The zero-order chi connectivity index (χ0) is 14.8. The summed E-state index contributed by atoms with van der Waals surface area (Å²) < 4.78 is 25.0. The second-order valence-electron chi connectivity index (χ2n) is 6.56. The van der Waals surface area contributed by atoms with Gasteiger partial charge < -0.3 is 10.6 Å². The van der Waals surface area contributed by atoms with Crippen LogP contribution < -0.4 is 5.73 Å². The lowest BCUT2D eigenvalue weighted by Crippen LogP contribution is -2.46. The second-order valence-corrected chi connectivity index (χ2v) is 8.55. The van der Waals surface area contributed by atoms with Crippen molar-refractivity contribution in [2.24, 2.45) is 17.6 Å². The number of nitrogens with two attached hydrogens (primary N) is 1. The fourth-order valence-electron chi connectivity index (χ4n) is 3.89. The molecule has 2 aliphatic rings. The molecule has 5 nitrogen and oxygen atoms in total. The number of nitrogens with zero attached hydrogens (tertiary/aromatic N) is 2. The molecule has 20 heavy (non-hydrogen) atoms. The van der Waals surface area contributed by atoms with Gasteiger partial charge in [-0.25, -0.2) is 12.7 Å². The van der Waals surface area contributed by atoms with Gasteiger partial charge in [-0.3, -0.25) is 0 Å². The second kappa shape index (κ2) is 6.73. The molecular formula is C14H29N3O2S. The first-order valence-corrected chi connectivity index (χ1v) is 9.62. The molecule has 1 heterocycles. The van der Waals surface area contributed by atoms with Gasteiger partial charge in [0.2, 0.25) is 10.0 Å². The minimum Gasteiger partial charge on any atom is -0.330 e. The molecule has 1 saturated carbocycles. The molecule has 2 N–H and O–H groups in total. The number of sulfonamides is 1. The lowest BCUT2D eigenvalue weighted by Gasteiger charge is -2.36. The summed E-state index contributed by atoms with van der Waals surface area (Å²) in [5.41, 5.74) is 5.86. The third-order valence-corrected chi connectivity index (χ3v) is 6.25. The van der Waals surface area contributed by atoms with E-state index in [9.17, 15) is 8.42 Å². The average molecular weight is 303 g/mol. The summed E-state index contributed by atoms with van der Waals surface area (Å²) in [7, 11) is -0.856. The molecule has 0 amide bonds. The molecule has 1 aliphatic heterocycles. The van der Waals surface area contributed by atoms with Gasteiger partial charge >= 0.3 is 0 Å². The van der Waals surface area contributed by atoms with Crippen molar-refractivity contribution in [1.29, 1.82) is 0 Å². The highest BCUT2D eigenvalue weighted by Gasteiger charge is 2.32. The minimum atomic E-state index is -3.03. The van der Waals surface area contributed by atoms with Gasteiger partial charge in [-0.2, -0.15) is 0 Å². The first-order chi connectivity index (χ1) is 9.41. The van der Waals surface area contributed by atoms with E-state index in [0.717, 1.165) is 25.9 Å². The van der Waals surface area contributed by atoms with Crippen molar-refractivity contribution in [2.75, 3.05) is 39.5 Å². The van der Waals surface area contributed by atoms with Gasteiger partial charge in [-0.15, -0.1) is 0 Å². The Morgan fingerprint density at radius 1 is 1.25 bits per heavy atom. The molecule has 0 bridgehead atoms. The van der Waals surface area contributed by atoms with E-state index in [2.05, 4.69) is 11.9 Å². The molecule has 1 saturated heterocycles. The van der Waals surface area contributed by atoms with E-state index in [-0.39, 0.29) is 0 Å². The van der Waals surface area contributed by atoms with Gasteiger partial charge in [0, 0.05) is 25.7 Å². The maximum absolute atomic E-state index is 11.7. The third kappa shape index (κ3) is 3.93. The van der Waals surface area contributed by atoms with Crippen LogP contribution in [0.4, 0.5) is 0 Å². The highest BCUT2D eigenvalue weighted by atomic mass is 32.2. The Balaban J connectivity index is 1.89.